The molecule has 0 unspecified atom stereocenters. The summed E-state index contributed by atoms with van der Waals surface area (Å²) in [5, 5.41) is 5.14. The van der Waals surface area contributed by atoms with Crippen molar-refractivity contribution in [2.75, 3.05) is 5.73 Å². The van der Waals surface area contributed by atoms with Gasteiger partial charge in [-0.05, 0) is 29.8 Å². The fourth-order valence-corrected chi connectivity index (χ4v) is 2.65. The largest absolute Gasteiger partial charge is 0.368 e. The van der Waals surface area contributed by atoms with E-state index in [1.54, 1.807) is 30.7 Å². The molecule has 126 valence electrons. The molecule has 2 aromatic carbocycles. The van der Waals surface area contributed by atoms with Crippen molar-refractivity contribution in [3.05, 3.63) is 83.8 Å². The van der Waals surface area contributed by atoms with Crippen molar-refractivity contribution >= 4 is 34.9 Å². The van der Waals surface area contributed by atoms with E-state index in [4.69, 9.17) is 5.73 Å². The second-order valence-corrected chi connectivity index (χ2v) is 5.75. The number of anilines is 1. The summed E-state index contributed by atoms with van der Waals surface area (Å²) < 4.78 is 1.42. The van der Waals surface area contributed by atoms with Crippen LogP contribution in [0, 0.1) is 0 Å². The fourth-order valence-electron chi connectivity index (χ4n) is 2.65. The molecule has 26 heavy (non-hydrogen) atoms. The van der Waals surface area contributed by atoms with Crippen molar-refractivity contribution in [3.8, 4) is 0 Å². The summed E-state index contributed by atoms with van der Waals surface area (Å²) in [6.07, 6.45) is 8.87. The van der Waals surface area contributed by atoms with E-state index in [-0.39, 0.29) is 11.9 Å². The molecule has 0 aliphatic carbocycles. The van der Waals surface area contributed by atoms with E-state index in [0.717, 1.165) is 22.0 Å². The molecule has 6 nitrogen and oxygen atoms in total. The van der Waals surface area contributed by atoms with Crippen LogP contribution in [0.15, 0.2) is 67.1 Å². The van der Waals surface area contributed by atoms with Crippen LogP contribution in [0.5, 0.6) is 0 Å². The van der Waals surface area contributed by atoms with Gasteiger partial charge in [-0.2, -0.15) is 9.78 Å². The maximum Gasteiger partial charge on any atom is 0.278 e. The number of aromatic nitrogens is 4. The van der Waals surface area contributed by atoms with E-state index in [2.05, 4.69) is 15.1 Å². The molecule has 0 spiro atoms. The number of rotatable bonds is 3. The molecular weight excluding hydrogens is 326 g/mol. The maximum absolute atomic E-state index is 12.6. The highest BCUT2D eigenvalue weighted by atomic mass is 16.2. The molecule has 0 fully saturated rings. The number of benzene rings is 2. The monoisotopic (exact) mass is 341 g/mol. The zero-order chi connectivity index (χ0) is 17.9. The van der Waals surface area contributed by atoms with Gasteiger partial charge in [0.05, 0.1) is 11.7 Å². The average Bonchev–Trinajstić information content (AvgIpc) is 3.11. The number of nitrogens with two attached hydrogens (primary N) is 1. The van der Waals surface area contributed by atoms with E-state index < -0.39 is 0 Å². The molecule has 0 bridgehead atoms. The van der Waals surface area contributed by atoms with Gasteiger partial charge in [0.1, 0.15) is 0 Å². The number of fused-ring (bicyclic) bond motifs is 1. The van der Waals surface area contributed by atoms with Crippen LogP contribution in [0.3, 0.4) is 0 Å². The molecule has 2 aromatic heterocycles. The van der Waals surface area contributed by atoms with Gasteiger partial charge < -0.3 is 5.73 Å². The fraction of sp³-hybridized carbons (Fsp3) is 0. The van der Waals surface area contributed by atoms with Crippen LogP contribution in [0.1, 0.15) is 21.5 Å². The van der Waals surface area contributed by atoms with Crippen LogP contribution < -0.4 is 5.73 Å². The lowest BCUT2D eigenvalue weighted by Gasteiger charge is -2.02. The van der Waals surface area contributed by atoms with Crippen molar-refractivity contribution in [2.24, 2.45) is 0 Å². The SMILES string of the molecule is Nc1ncc(C=Cc2ccc3c(cnn3C(=O)c3ccccc3)c2)cn1. The molecule has 4 aromatic rings. The van der Waals surface area contributed by atoms with Crippen LogP contribution >= 0.6 is 0 Å². The van der Waals surface area contributed by atoms with Gasteiger partial charge in [-0.25, -0.2) is 9.97 Å². The summed E-state index contributed by atoms with van der Waals surface area (Å²) in [5.74, 6) is 0.0991. The normalized spacial score (nSPS) is 11.2. The minimum absolute atomic E-state index is 0.150. The van der Waals surface area contributed by atoms with Crippen LogP contribution in [0.25, 0.3) is 23.1 Å². The number of hydrogen-bond donors (Lipinski definition) is 1. The van der Waals surface area contributed by atoms with E-state index >= 15 is 0 Å². The first-order chi connectivity index (χ1) is 12.7. The van der Waals surface area contributed by atoms with Crippen molar-refractivity contribution in [1.29, 1.82) is 0 Å². The Bertz CT molecular complexity index is 1100. The number of carbonyl (C=O) groups is 1. The lowest BCUT2D eigenvalue weighted by atomic mass is 10.1. The Labute approximate surface area is 149 Å². The Morgan fingerprint density at radius 1 is 0.923 bits per heavy atom. The highest BCUT2D eigenvalue weighted by Gasteiger charge is 2.12. The van der Waals surface area contributed by atoms with E-state index in [1.807, 2.05) is 48.6 Å². The zero-order valence-corrected chi connectivity index (χ0v) is 13.8. The van der Waals surface area contributed by atoms with Gasteiger partial charge in [0.25, 0.3) is 5.91 Å². The lowest BCUT2D eigenvalue weighted by molar-refractivity contribution is 0.0950. The molecule has 0 atom stereocenters. The molecule has 0 aliphatic rings. The van der Waals surface area contributed by atoms with Gasteiger partial charge in [-0.1, -0.05) is 36.4 Å². The molecule has 0 saturated carbocycles. The van der Waals surface area contributed by atoms with E-state index in [0.29, 0.717) is 5.56 Å². The molecule has 2 N–H and O–H groups in total. The molecular formula is C20H15N5O. The Balaban J connectivity index is 1.63. The summed E-state index contributed by atoms with van der Waals surface area (Å²) in [7, 11) is 0. The number of hydrogen-bond acceptors (Lipinski definition) is 5. The molecule has 6 heteroatoms. The molecule has 0 radical (unpaired) electrons. The first kappa shape index (κ1) is 15.7. The average molecular weight is 341 g/mol. The van der Waals surface area contributed by atoms with Crippen LogP contribution in [-0.4, -0.2) is 25.7 Å². The summed E-state index contributed by atoms with van der Waals surface area (Å²) in [6, 6.07) is 14.9. The molecule has 0 saturated heterocycles. The van der Waals surface area contributed by atoms with Gasteiger partial charge in [0, 0.05) is 28.9 Å². The van der Waals surface area contributed by atoms with Gasteiger partial charge in [-0.15, -0.1) is 0 Å². The highest BCUT2D eigenvalue weighted by Crippen LogP contribution is 2.19. The molecule has 2 heterocycles. The maximum atomic E-state index is 12.6. The van der Waals surface area contributed by atoms with Crippen molar-refractivity contribution in [2.45, 2.75) is 0 Å². The Kier molecular flexibility index (Phi) is 3.99. The number of nitrogen functional groups attached to an aromatic ring is 1. The second kappa shape index (κ2) is 6.60. The zero-order valence-electron chi connectivity index (χ0n) is 13.8. The quantitative estimate of drug-likeness (QED) is 0.618. The smallest absolute Gasteiger partial charge is 0.278 e. The van der Waals surface area contributed by atoms with Gasteiger partial charge in [0.15, 0.2) is 0 Å². The summed E-state index contributed by atoms with van der Waals surface area (Å²) in [5.41, 5.74) is 8.70. The summed E-state index contributed by atoms with van der Waals surface area (Å²) in [6.45, 7) is 0. The highest BCUT2D eigenvalue weighted by molar-refractivity contribution is 6.01. The summed E-state index contributed by atoms with van der Waals surface area (Å²) in [4.78, 5) is 20.5. The van der Waals surface area contributed by atoms with Gasteiger partial charge in [-0.3, -0.25) is 4.79 Å². The van der Waals surface area contributed by atoms with Gasteiger partial charge in [0.2, 0.25) is 5.95 Å². The Morgan fingerprint density at radius 2 is 1.65 bits per heavy atom. The van der Waals surface area contributed by atoms with Crippen LogP contribution in [-0.2, 0) is 0 Å². The third-order valence-electron chi connectivity index (χ3n) is 3.97. The standard InChI is InChI=1S/C20H15N5O/c21-20-22-11-15(12-23-20)7-6-14-8-9-18-17(10-14)13-24-25(18)19(26)16-4-2-1-3-5-16/h1-13H,(H2,21,22,23). The van der Waals surface area contributed by atoms with Crippen molar-refractivity contribution in [1.82, 2.24) is 19.7 Å². The predicted octanol–water partition coefficient (Wildman–Crippen LogP) is 3.27. The molecule has 0 amide bonds. The molecule has 0 aliphatic heterocycles. The second-order valence-electron chi connectivity index (χ2n) is 5.75. The predicted molar refractivity (Wildman–Crippen MR) is 101 cm³/mol. The van der Waals surface area contributed by atoms with E-state index in [9.17, 15) is 4.79 Å². The van der Waals surface area contributed by atoms with Gasteiger partial charge >= 0.3 is 0 Å². The minimum Gasteiger partial charge on any atom is -0.368 e. The third kappa shape index (κ3) is 3.08. The molecule has 4 rings (SSSR count). The first-order valence-corrected chi connectivity index (χ1v) is 8.04. The van der Waals surface area contributed by atoms with Crippen LogP contribution in [0.2, 0.25) is 0 Å². The topological polar surface area (TPSA) is 86.7 Å². The summed E-state index contributed by atoms with van der Waals surface area (Å²) >= 11 is 0. The van der Waals surface area contributed by atoms with Crippen molar-refractivity contribution < 1.29 is 4.79 Å². The number of carbonyl (C=O) groups excluding carboxylic acids is 1. The Hall–Kier alpha value is -3.80. The minimum atomic E-state index is -0.150. The van der Waals surface area contributed by atoms with Crippen LogP contribution in [0.4, 0.5) is 5.95 Å². The first-order valence-electron chi connectivity index (χ1n) is 8.04. The van der Waals surface area contributed by atoms with Crippen molar-refractivity contribution in [3.63, 3.8) is 0 Å². The third-order valence-corrected chi connectivity index (χ3v) is 3.97. The number of nitrogens with zero attached hydrogens (tertiary/aromatic N) is 4. The Morgan fingerprint density at radius 3 is 2.42 bits per heavy atom. The lowest BCUT2D eigenvalue weighted by Crippen LogP contribution is -2.13. The van der Waals surface area contributed by atoms with E-state index in [1.165, 1.54) is 4.68 Å².